The van der Waals surface area contributed by atoms with Gasteiger partial charge < -0.3 is 9.32 Å². The van der Waals surface area contributed by atoms with Crippen LogP contribution < -0.4 is 4.90 Å². The van der Waals surface area contributed by atoms with Crippen LogP contribution in [0.15, 0.2) is 192 Å². The number of nitrogens with zero attached hydrogens (tertiary/aromatic N) is 3. The molecule has 5 heteroatoms. The third kappa shape index (κ3) is 5.36. The van der Waals surface area contributed by atoms with Gasteiger partial charge in [0.25, 0.3) is 0 Å². The largest absolute Gasteiger partial charge is 0.456 e. The summed E-state index contributed by atoms with van der Waals surface area (Å²) >= 11 is 1.75. The maximum absolute atomic E-state index is 6.68. The van der Waals surface area contributed by atoms with Crippen LogP contribution in [0.25, 0.3) is 86.8 Å². The van der Waals surface area contributed by atoms with E-state index in [-0.39, 0.29) is 0 Å². The van der Waals surface area contributed by atoms with E-state index < -0.39 is 0 Å². The highest BCUT2D eigenvalue weighted by Gasteiger charge is 2.21. The number of thiophene rings is 1. The van der Waals surface area contributed by atoms with E-state index in [1.54, 1.807) is 11.3 Å². The molecule has 8 aromatic carbocycles. The Hall–Kier alpha value is -7.08. The molecular weight excluding hydrogens is 691 g/mol. The molecule has 0 spiro atoms. The van der Waals surface area contributed by atoms with Crippen molar-refractivity contribution in [3.8, 4) is 33.8 Å². The minimum absolute atomic E-state index is 0.672. The number of para-hydroxylation sites is 1. The van der Waals surface area contributed by atoms with Crippen LogP contribution >= 0.6 is 11.3 Å². The van der Waals surface area contributed by atoms with Crippen molar-refractivity contribution in [2.24, 2.45) is 0 Å². The van der Waals surface area contributed by atoms with Gasteiger partial charge in [0, 0.05) is 38.0 Å². The summed E-state index contributed by atoms with van der Waals surface area (Å²) in [5, 5.41) is 5.62. The number of hydrogen-bond acceptors (Lipinski definition) is 5. The van der Waals surface area contributed by atoms with E-state index >= 15 is 0 Å². The topological polar surface area (TPSA) is 42.2 Å². The SMILES string of the molecule is c1ccc(-c2ccc(N(c3ccccc3)c3cccc4oc5cc(-c6nc(-c7ccc8ccccc8c7)c7sc8ccccc8c7n6)ccc5c34)cc2)cc1. The third-order valence-corrected chi connectivity index (χ3v) is 11.6. The average molecular weight is 722 g/mol. The fraction of sp³-hybridized carbons (Fsp3) is 0. The molecule has 3 heterocycles. The summed E-state index contributed by atoms with van der Waals surface area (Å²) in [7, 11) is 0. The molecule has 0 aliphatic rings. The molecule has 0 unspecified atom stereocenters. The molecule has 0 radical (unpaired) electrons. The van der Waals surface area contributed by atoms with E-state index in [0.717, 1.165) is 71.4 Å². The summed E-state index contributed by atoms with van der Waals surface area (Å²) in [6.45, 7) is 0. The van der Waals surface area contributed by atoms with Crippen molar-refractivity contribution in [1.29, 1.82) is 0 Å². The van der Waals surface area contributed by atoms with Crippen molar-refractivity contribution in [2.45, 2.75) is 0 Å². The van der Waals surface area contributed by atoms with E-state index in [0.29, 0.717) is 5.82 Å². The van der Waals surface area contributed by atoms with Crippen molar-refractivity contribution in [2.75, 3.05) is 4.90 Å². The predicted octanol–water partition coefficient (Wildman–Crippen LogP) is 14.4. The van der Waals surface area contributed by atoms with Gasteiger partial charge in [0.2, 0.25) is 0 Å². The average Bonchev–Trinajstić information content (AvgIpc) is 3.83. The van der Waals surface area contributed by atoms with Crippen LogP contribution in [0, 0.1) is 0 Å². The van der Waals surface area contributed by atoms with E-state index in [4.69, 9.17) is 14.4 Å². The molecule has 0 saturated heterocycles. The zero-order valence-corrected chi connectivity index (χ0v) is 30.4. The van der Waals surface area contributed by atoms with Crippen LogP contribution in [0.1, 0.15) is 0 Å². The Morgan fingerprint density at radius 1 is 0.455 bits per heavy atom. The normalized spacial score (nSPS) is 11.6. The lowest BCUT2D eigenvalue weighted by Crippen LogP contribution is -2.10. The summed E-state index contributed by atoms with van der Waals surface area (Å²) < 4.78 is 8.97. The van der Waals surface area contributed by atoms with Gasteiger partial charge in [-0.3, -0.25) is 0 Å². The molecule has 11 aromatic rings. The first-order chi connectivity index (χ1) is 27.2. The maximum atomic E-state index is 6.68. The van der Waals surface area contributed by atoms with Crippen molar-refractivity contribution in [3.05, 3.63) is 188 Å². The first kappa shape index (κ1) is 31.4. The Balaban J connectivity index is 1.07. The number of fused-ring (bicyclic) bond motifs is 7. The minimum atomic E-state index is 0.672. The Morgan fingerprint density at radius 2 is 1.15 bits per heavy atom. The lowest BCUT2D eigenvalue weighted by Gasteiger charge is -2.26. The summed E-state index contributed by atoms with van der Waals surface area (Å²) in [6.07, 6.45) is 0. The van der Waals surface area contributed by atoms with Gasteiger partial charge in [-0.2, -0.15) is 0 Å². The fourth-order valence-electron chi connectivity index (χ4n) is 7.82. The fourth-order valence-corrected chi connectivity index (χ4v) is 8.98. The van der Waals surface area contributed by atoms with Crippen molar-refractivity contribution < 1.29 is 4.42 Å². The van der Waals surface area contributed by atoms with Crippen LogP contribution in [-0.2, 0) is 0 Å². The summed E-state index contributed by atoms with van der Waals surface area (Å²) in [4.78, 5) is 12.9. The van der Waals surface area contributed by atoms with Crippen molar-refractivity contribution >= 4 is 81.4 Å². The first-order valence-corrected chi connectivity index (χ1v) is 19.2. The molecule has 3 aromatic heterocycles. The molecule has 0 N–H and O–H groups in total. The molecule has 0 saturated carbocycles. The third-order valence-electron chi connectivity index (χ3n) is 10.5. The van der Waals surface area contributed by atoms with Gasteiger partial charge >= 0.3 is 0 Å². The highest BCUT2D eigenvalue weighted by atomic mass is 32.1. The van der Waals surface area contributed by atoms with Crippen molar-refractivity contribution in [3.63, 3.8) is 0 Å². The van der Waals surface area contributed by atoms with Gasteiger partial charge in [-0.05, 0) is 82.6 Å². The number of aromatic nitrogens is 2. The molecule has 55 heavy (non-hydrogen) atoms. The molecule has 11 rings (SSSR count). The monoisotopic (exact) mass is 721 g/mol. The molecule has 4 nitrogen and oxygen atoms in total. The summed E-state index contributed by atoms with van der Waals surface area (Å²) in [6, 6.07) is 66.1. The smallest absolute Gasteiger partial charge is 0.160 e. The number of benzene rings is 8. The quantitative estimate of drug-likeness (QED) is 0.171. The molecule has 0 amide bonds. The van der Waals surface area contributed by atoms with Crippen LogP contribution in [0.3, 0.4) is 0 Å². The highest BCUT2D eigenvalue weighted by Crippen LogP contribution is 2.45. The molecule has 0 bridgehead atoms. The summed E-state index contributed by atoms with van der Waals surface area (Å²) in [5.74, 6) is 0.672. The minimum Gasteiger partial charge on any atom is -0.456 e. The predicted molar refractivity (Wildman–Crippen MR) is 231 cm³/mol. The number of anilines is 3. The molecule has 0 fully saturated rings. The zero-order valence-electron chi connectivity index (χ0n) is 29.6. The van der Waals surface area contributed by atoms with Crippen LogP contribution in [0.4, 0.5) is 17.1 Å². The van der Waals surface area contributed by atoms with E-state index in [1.807, 2.05) is 6.07 Å². The van der Waals surface area contributed by atoms with Gasteiger partial charge in [0.15, 0.2) is 5.82 Å². The number of hydrogen-bond donors (Lipinski definition) is 0. The van der Waals surface area contributed by atoms with Crippen LogP contribution in [-0.4, -0.2) is 9.97 Å². The lowest BCUT2D eigenvalue weighted by molar-refractivity contribution is 0.669. The first-order valence-electron chi connectivity index (χ1n) is 18.4. The van der Waals surface area contributed by atoms with Crippen LogP contribution in [0.5, 0.6) is 0 Å². The van der Waals surface area contributed by atoms with E-state index in [9.17, 15) is 0 Å². The molecule has 0 atom stereocenters. The highest BCUT2D eigenvalue weighted by molar-refractivity contribution is 7.26. The second-order valence-corrected chi connectivity index (χ2v) is 14.8. The second-order valence-electron chi connectivity index (χ2n) is 13.8. The van der Waals surface area contributed by atoms with Gasteiger partial charge in [-0.1, -0.05) is 127 Å². The van der Waals surface area contributed by atoms with Crippen molar-refractivity contribution in [1.82, 2.24) is 9.97 Å². The van der Waals surface area contributed by atoms with Gasteiger partial charge in [0.1, 0.15) is 11.2 Å². The Bertz CT molecular complexity index is 3200. The van der Waals surface area contributed by atoms with Gasteiger partial charge in [-0.15, -0.1) is 11.3 Å². The maximum Gasteiger partial charge on any atom is 0.160 e. The molecular formula is C50H31N3OS. The summed E-state index contributed by atoms with van der Waals surface area (Å²) in [5.41, 5.74) is 11.1. The van der Waals surface area contributed by atoms with Gasteiger partial charge in [-0.25, -0.2) is 9.97 Å². The standard InChI is InChI=1S/C50H31N3OS/c1-3-12-32(13-4-1)34-24-27-39(28-25-34)53(38-16-5-2-6-17-38)42-19-11-20-43-46(42)40-29-26-37(31-44(40)54-43)50-51-47(36-23-22-33-14-7-8-15-35(33)30-36)49-48(52-50)41-18-9-10-21-45(41)55-49/h1-31H. The number of rotatable bonds is 6. The molecule has 258 valence electrons. The molecule has 0 aliphatic heterocycles. The Morgan fingerprint density at radius 3 is 2.00 bits per heavy atom. The lowest BCUT2D eigenvalue weighted by atomic mass is 10.0. The second kappa shape index (κ2) is 12.8. The van der Waals surface area contributed by atoms with E-state index in [2.05, 4.69) is 187 Å². The zero-order chi connectivity index (χ0) is 36.3. The Kier molecular flexibility index (Phi) is 7.32. The van der Waals surface area contributed by atoms with E-state index in [1.165, 1.54) is 26.6 Å². The molecule has 0 aliphatic carbocycles. The van der Waals surface area contributed by atoms with Crippen LogP contribution in [0.2, 0.25) is 0 Å². The Labute approximate surface area is 321 Å². The number of furan rings is 1. The van der Waals surface area contributed by atoms with Gasteiger partial charge in [0.05, 0.1) is 27.0 Å².